The number of thiophene rings is 1. The summed E-state index contributed by atoms with van der Waals surface area (Å²) in [5.41, 5.74) is 2.23. The van der Waals surface area contributed by atoms with Crippen molar-refractivity contribution in [2.75, 3.05) is 32.8 Å². The summed E-state index contributed by atoms with van der Waals surface area (Å²) >= 11 is 1.28. The number of carbonyl (C=O) groups excluding carboxylic acids is 2. The maximum atomic E-state index is 13.0. The van der Waals surface area contributed by atoms with Crippen molar-refractivity contribution in [3.05, 3.63) is 69.6 Å². The standard InChI is InChI=1S/C25H26N2O7S2/c1-5-32-25(29)22-19(12-16-6-11-20-21(13-16)34-14-33-20)15(2)35-24(22)26-23(28)17-7-9-18(10-8-17)36(30,31)27(3)4/h6-11,13H,5,12,14H2,1-4H3,(H,26,28). The molecule has 11 heteroatoms. The molecule has 2 aromatic carbocycles. The van der Waals surface area contributed by atoms with Crippen LogP contribution in [0.2, 0.25) is 0 Å². The highest BCUT2D eigenvalue weighted by Gasteiger charge is 2.26. The minimum absolute atomic E-state index is 0.0780. The lowest BCUT2D eigenvalue weighted by molar-refractivity contribution is 0.0527. The van der Waals surface area contributed by atoms with E-state index in [0.717, 1.165) is 20.3 Å². The summed E-state index contributed by atoms with van der Waals surface area (Å²) in [6.45, 7) is 3.96. The number of anilines is 1. The molecule has 1 amide bonds. The Balaban J connectivity index is 1.63. The van der Waals surface area contributed by atoms with Gasteiger partial charge < -0.3 is 19.5 Å². The van der Waals surface area contributed by atoms with E-state index >= 15 is 0 Å². The lowest BCUT2D eigenvalue weighted by atomic mass is 10.0. The quantitative estimate of drug-likeness (QED) is 0.437. The van der Waals surface area contributed by atoms with Gasteiger partial charge in [0.2, 0.25) is 16.8 Å². The molecule has 36 heavy (non-hydrogen) atoms. The Morgan fingerprint density at radius 2 is 1.78 bits per heavy atom. The maximum absolute atomic E-state index is 13.0. The fourth-order valence-electron chi connectivity index (χ4n) is 3.72. The summed E-state index contributed by atoms with van der Waals surface area (Å²) in [5.74, 6) is 0.320. The molecule has 0 atom stereocenters. The molecule has 1 aliphatic rings. The molecule has 1 aromatic heterocycles. The zero-order chi connectivity index (χ0) is 26.0. The predicted molar refractivity (Wildman–Crippen MR) is 136 cm³/mol. The van der Waals surface area contributed by atoms with E-state index in [2.05, 4.69) is 5.32 Å². The van der Waals surface area contributed by atoms with Crippen molar-refractivity contribution >= 4 is 38.2 Å². The van der Waals surface area contributed by atoms with Gasteiger partial charge in [-0.15, -0.1) is 11.3 Å². The highest BCUT2D eigenvalue weighted by atomic mass is 32.2. The Labute approximate surface area is 213 Å². The Hall–Kier alpha value is -3.41. The first-order valence-electron chi connectivity index (χ1n) is 11.1. The third kappa shape index (κ3) is 5.08. The van der Waals surface area contributed by atoms with Crippen molar-refractivity contribution in [1.29, 1.82) is 0 Å². The molecule has 190 valence electrons. The molecule has 0 bridgehead atoms. The average molecular weight is 531 g/mol. The second-order valence-corrected chi connectivity index (χ2v) is 11.6. The summed E-state index contributed by atoms with van der Waals surface area (Å²) in [6.07, 6.45) is 0.431. The summed E-state index contributed by atoms with van der Waals surface area (Å²) < 4.78 is 41.8. The number of ether oxygens (including phenoxy) is 3. The van der Waals surface area contributed by atoms with Gasteiger partial charge >= 0.3 is 5.97 Å². The van der Waals surface area contributed by atoms with E-state index in [1.54, 1.807) is 6.92 Å². The molecule has 0 aliphatic carbocycles. The molecule has 0 saturated heterocycles. The molecule has 0 radical (unpaired) electrons. The summed E-state index contributed by atoms with van der Waals surface area (Å²) in [5, 5.41) is 3.18. The van der Waals surface area contributed by atoms with Crippen molar-refractivity contribution < 1.29 is 32.2 Å². The molecule has 1 aliphatic heterocycles. The number of amides is 1. The number of fused-ring (bicyclic) bond motifs is 1. The van der Waals surface area contributed by atoms with Crippen LogP contribution in [0.25, 0.3) is 0 Å². The topological polar surface area (TPSA) is 111 Å². The molecule has 0 fully saturated rings. The van der Waals surface area contributed by atoms with Crippen LogP contribution in [0.5, 0.6) is 11.5 Å². The Kier molecular flexibility index (Phi) is 7.34. The smallest absolute Gasteiger partial charge is 0.341 e. The minimum Gasteiger partial charge on any atom is -0.462 e. The predicted octanol–water partition coefficient (Wildman–Crippen LogP) is 4.06. The van der Waals surface area contributed by atoms with E-state index in [4.69, 9.17) is 14.2 Å². The number of esters is 1. The molecule has 2 heterocycles. The number of rotatable bonds is 8. The maximum Gasteiger partial charge on any atom is 0.341 e. The normalized spacial score (nSPS) is 12.6. The van der Waals surface area contributed by atoms with Gasteiger partial charge in [0.1, 0.15) is 5.00 Å². The Bertz CT molecular complexity index is 1410. The molecule has 0 unspecified atom stereocenters. The van der Waals surface area contributed by atoms with Crippen molar-refractivity contribution in [2.45, 2.75) is 25.2 Å². The van der Waals surface area contributed by atoms with Gasteiger partial charge in [-0.3, -0.25) is 4.79 Å². The zero-order valence-corrected chi connectivity index (χ0v) is 21.9. The number of carbonyl (C=O) groups is 2. The van der Waals surface area contributed by atoms with Gasteiger partial charge in [-0.25, -0.2) is 17.5 Å². The molecular formula is C25H26N2O7S2. The van der Waals surface area contributed by atoms with Crippen LogP contribution >= 0.6 is 11.3 Å². The number of nitrogens with one attached hydrogen (secondary N) is 1. The molecule has 4 rings (SSSR count). The van der Waals surface area contributed by atoms with Gasteiger partial charge in [-0.2, -0.15) is 0 Å². The fraction of sp³-hybridized carbons (Fsp3) is 0.280. The van der Waals surface area contributed by atoms with Crippen LogP contribution in [0.3, 0.4) is 0 Å². The second kappa shape index (κ2) is 10.3. The summed E-state index contributed by atoms with van der Waals surface area (Å²) in [7, 11) is -0.737. The van der Waals surface area contributed by atoms with Gasteiger partial charge in [-0.1, -0.05) is 6.07 Å². The third-order valence-electron chi connectivity index (χ3n) is 5.63. The minimum atomic E-state index is -3.61. The Morgan fingerprint density at radius 3 is 2.44 bits per heavy atom. The molecule has 0 spiro atoms. The monoisotopic (exact) mass is 530 g/mol. The number of hydrogen-bond donors (Lipinski definition) is 1. The van der Waals surface area contributed by atoms with Gasteiger partial charge in [0.25, 0.3) is 5.91 Å². The Morgan fingerprint density at radius 1 is 1.08 bits per heavy atom. The fourth-order valence-corrected chi connectivity index (χ4v) is 5.68. The lowest BCUT2D eigenvalue weighted by Crippen LogP contribution is -2.22. The number of aryl methyl sites for hydroxylation is 1. The molecule has 1 N–H and O–H groups in total. The van der Waals surface area contributed by atoms with Crippen LogP contribution < -0.4 is 14.8 Å². The van der Waals surface area contributed by atoms with Crippen molar-refractivity contribution in [1.82, 2.24) is 4.31 Å². The van der Waals surface area contributed by atoms with Crippen LogP contribution in [0.4, 0.5) is 5.00 Å². The lowest BCUT2D eigenvalue weighted by Gasteiger charge is -2.12. The van der Waals surface area contributed by atoms with Gasteiger partial charge in [0, 0.05) is 24.5 Å². The van der Waals surface area contributed by atoms with Crippen molar-refractivity contribution in [3.63, 3.8) is 0 Å². The zero-order valence-electron chi connectivity index (χ0n) is 20.3. The third-order valence-corrected chi connectivity index (χ3v) is 8.52. The van der Waals surface area contributed by atoms with E-state index in [0.29, 0.717) is 28.5 Å². The first-order valence-corrected chi connectivity index (χ1v) is 13.4. The second-order valence-electron chi connectivity index (χ2n) is 8.19. The van der Waals surface area contributed by atoms with E-state index in [1.807, 2.05) is 25.1 Å². The highest BCUT2D eigenvalue weighted by Crippen LogP contribution is 2.38. The van der Waals surface area contributed by atoms with Crippen LogP contribution in [-0.2, 0) is 21.2 Å². The van der Waals surface area contributed by atoms with Crippen LogP contribution in [0.15, 0.2) is 47.4 Å². The van der Waals surface area contributed by atoms with E-state index in [1.165, 1.54) is 49.7 Å². The highest BCUT2D eigenvalue weighted by molar-refractivity contribution is 7.89. The van der Waals surface area contributed by atoms with Crippen LogP contribution in [-0.4, -0.2) is 52.1 Å². The number of benzene rings is 2. The van der Waals surface area contributed by atoms with Crippen molar-refractivity contribution in [3.8, 4) is 11.5 Å². The SMILES string of the molecule is CCOC(=O)c1c(NC(=O)c2ccc(S(=O)(=O)N(C)C)cc2)sc(C)c1Cc1ccc2c(c1)OCO2. The molecule has 9 nitrogen and oxygen atoms in total. The van der Waals surface area contributed by atoms with E-state index in [9.17, 15) is 18.0 Å². The first kappa shape index (κ1) is 25.7. The van der Waals surface area contributed by atoms with Gasteiger partial charge in [-0.05, 0) is 67.8 Å². The van der Waals surface area contributed by atoms with Gasteiger partial charge in [0.15, 0.2) is 11.5 Å². The van der Waals surface area contributed by atoms with Crippen LogP contribution in [0, 0.1) is 6.92 Å². The number of hydrogen-bond acceptors (Lipinski definition) is 8. The number of sulfonamides is 1. The van der Waals surface area contributed by atoms with E-state index < -0.39 is 21.9 Å². The van der Waals surface area contributed by atoms with Gasteiger partial charge in [0.05, 0.1) is 17.1 Å². The summed E-state index contributed by atoms with van der Waals surface area (Å²) in [6, 6.07) is 11.2. The molecule has 3 aromatic rings. The van der Waals surface area contributed by atoms with E-state index in [-0.39, 0.29) is 23.9 Å². The van der Waals surface area contributed by atoms with Crippen molar-refractivity contribution in [2.24, 2.45) is 0 Å². The molecular weight excluding hydrogens is 504 g/mol. The first-order chi connectivity index (χ1) is 17.1. The summed E-state index contributed by atoms with van der Waals surface area (Å²) in [4.78, 5) is 26.9. The number of nitrogens with zero attached hydrogens (tertiary/aromatic N) is 1. The molecule has 0 saturated carbocycles. The average Bonchev–Trinajstić information content (AvgIpc) is 3.43. The van der Waals surface area contributed by atoms with Crippen LogP contribution in [0.1, 0.15) is 43.6 Å². The largest absolute Gasteiger partial charge is 0.462 e.